The molecule has 0 saturated heterocycles. The van der Waals surface area contributed by atoms with Crippen LogP contribution in [0.1, 0.15) is 132 Å². The van der Waals surface area contributed by atoms with Gasteiger partial charge in [-0.25, -0.2) is 0 Å². The van der Waals surface area contributed by atoms with Gasteiger partial charge in [0.1, 0.15) is 0 Å². The summed E-state index contributed by atoms with van der Waals surface area (Å²) >= 11 is 4.89. The van der Waals surface area contributed by atoms with E-state index < -0.39 is 5.91 Å². The molecule has 0 aliphatic rings. The molecule has 0 unspecified atom stereocenters. The van der Waals surface area contributed by atoms with Gasteiger partial charge in [-0.15, -0.1) is 0 Å². The fourth-order valence-electron chi connectivity index (χ4n) is 5.19. The third kappa shape index (κ3) is 8.95. The summed E-state index contributed by atoms with van der Waals surface area (Å²) in [5, 5.41) is 0. The first-order chi connectivity index (χ1) is 16.4. The number of nitrogens with zero attached hydrogens (tertiary/aromatic N) is 4. The molecule has 0 bridgehead atoms. The molecule has 0 heterocycles. The first-order valence-electron chi connectivity index (χ1n) is 15.2. The van der Waals surface area contributed by atoms with Gasteiger partial charge in [-0.1, -0.05) is 0 Å². The molecular formula is C28H64BrN4P. The number of halogens is 1. The Morgan fingerprint density at radius 3 is 0.735 bits per heavy atom. The summed E-state index contributed by atoms with van der Waals surface area (Å²) in [6, 6.07) is 0. The van der Waals surface area contributed by atoms with E-state index in [0.717, 1.165) is 13.1 Å². The van der Waals surface area contributed by atoms with Gasteiger partial charge in [-0.2, -0.15) is 0 Å². The van der Waals surface area contributed by atoms with Crippen molar-refractivity contribution in [3.63, 3.8) is 0 Å². The molecule has 0 aliphatic carbocycles. The monoisotopic (exact) mass is 566 g/mol. The molecule has 208 valence electrons. The molecule has 0 aromatic rings. The molecule has 0 amide bonds. The predicted molar refractivity (Wildman–Crippen MR) is 163 cm³/mol. The van der Waals surface area contributed by atoms with E-state index in [1.54, 1.807) is 0 Å². The van der Waals surface area contributed by atoms with Gasteiger partial charge in [0.25, 0.3) is 0 Å². The molecule has 34 heavy (non-hydrogen) atoms. The first kappa shape index (κ1) is 34.8. The molecule has 0 radical (unpaired) electrons. The Morgan fingerprint density at radius 1 is 0.382 bits per heavy atom. The van der Waals surface area contributed by atoms with E-state index in [-0.39, 0.29) is 0 Å². The van der Waals surface area contributed by atoms with E-state index in [1.165, 1.54) is 116 Å². The fraction of sp³-hybridized carbons (Fsp3) is 1.00. The summed E-state index contributed by atoms with van der Waals surface area (Å²) < 4.78 is 11.9. The Morgan fingerprint density at radius 2 is 0.588 bits per heavy atom. The van der Waals surface area contributed by atoms with Crippen molar-refractivity contribution in [2.75, 3.05) is 52.4 Å². The second-order valence-corrected chi connectivity index (χ2v) is 17.7. The van der Waals surface area contributed by atoms with Crippen molar-refractivity contribution < 1.29 is 0 Å². The zero-order valence-electron chi connectivity index (χ0n) is 24.8. The second-order valence-electron chi connectivity index (χ2n) is 9.96. The Bertz CT molecular complexity index is 398. The summed E-state index contributed by atoms with van der Waals surface area (Å²) in [4.78, 5) is 0. The summed E-state index contributed by atoms with van der Waals surface area (Å²) in [5.74, 6) is -2.92. The topological polar surface area (TPSA) is 13.0 Å². The van der Waals surface area contributed by atoms with Crippen molar-refractivity contribution in [3.8, 4) is 0 Å². The Hall–Kier alpha value is 0.750. The van der Waals surface area contributed by atoms with E-state index in [4.69, 9.17) is 15.5 Å². The van der Waals surface area contributed by atoms with Gasteiger partial charge in [0.15, 0.2) is 0 Å². The third-order valence-corrected chi connectivity index (χ3v) is 18.3. The number of unbranched alkanes of at least 4 members (excludes halogenated alkanes) is 6. The van der Waals surface area contributed by atoms with E-state index in [2.05, 4.69) is 74.1 Å². The van der Waals surface area contributed by atoms with E-state index in [1.807, 2.05) is 0 Å². The van der Waals surface area contributed by atoms with Crippen molar-refractivity contribution in [1.29, 1.82) is 0 Å². The van der Waals surface area contributed by atoms with Gasteiger partial charge < -0.3 is 0 Å². The molecule has 0 aromatic carbocycles. The standard InChI is InChI=1S/C28H64BrN4P/c1-9-17-23-31(24-18-10-2)34(29,30(15-7)16-8,32(25-19-11-3)26-20-12-4)33(27-21-13-5)28-22-14-6/h9-28H2,1-8H3. The van der Waals surface area contributed by atoms with Crippen LogP contribution in [0.4, 0.5) is 0 Å². The first-order valence-corrected chi connectivity index (χ1v) is 19.2. The van der Waals surface area contributed by atoms with Gasteiger partial charge in [0.05, 0.1) is 0 Å². The normalized spacial score (nSPS) is 14.0. The summed E-state index contributed by atoms with van der Waals surface area (Å²) in [7, 11) is 0. The van der Waals surface area contributed by atoms with E-state index in [9.17, 15) is 0 Å². The van der Waals surface area contributed by atoms with Crippen LogP contribution in [0.3, 0.4) is 0 Å². The minimum absolute atomic E-state index is 1.10. The number of hydrogen-bond acceptors (Lipinski definition) is 4. The third-order valence-electron chi connectivity index (χ3n) is 7.29. The molecule has 0 N–H and O–H groups in total. The average Bonchev–Trinajstić information content (AvgIpc) is 2.84. The Kier molecular flexibility index (Phi) is 20.2. The van der Waals surface area contributed by atoms with Crippen molar-refractivity contribution in [2.45, 2.75) is 132 Å². The molecule has 0 aromatic heterocycles. The molecule has 0 spiro atoms. The molecule has 0 saturated carbocycles. The molecule has 0 fully saturated rings. The zero-order chi connectivity index (χ0) is 25.9. The number of hydrogen-bond donors (Lipinski definition) is 0. The van der Waals surface area contributed by atoms with Crippen LogP contribution < -0.4 is 0 Å². The molecule has 0 atom stereocenters. The van der Waals surface area contributed by atoms with Gasteiger partial charge in [-0.05, 0) is 0 Å². The van der Waals surface area contributed by atoms with Crippen LogP contribution in [-0.4, -0.2) is 71.0 Å². The average molecular weight is 568 g/mol. The van der Waals surface area contributed by atoms with Crippen LogP contribution in [0, 0.1) is 0 Å². The number of rotatable bonds is 24. The summed E-state index contributed by atoms with van der Waals surface area (Å²) in [5.41, 5.74) is 0. The zero-order valence-corrected chi connectivity index (χ0v) is 27.2. The Balaban J connectivity index is 7.23. The fourth-order valence-corrected chi connectivity index (χ4v) is 15.4. The summed E-state index contributed by atoms with van der Waals surface area (Å²) in [6.07, 6.45) is 15.2. The minimum atomic E-state index is -2.92. The van der Waals surface area contributed by atoms with Crippen molar-refractivity contribution >= 4 is 21.4 Å². The van der Waals surface area contributed by atoms with Crippen LogP contribution in [0.5, 0.6) is 0 Å². The van der Waals surface area contributed by atoms with Gasteiger partial charge in [0.2, 0.25) is 0 Å². The summed E-state index contributed by atoms with van der Waals surface area (Å²) in [6.45, 7) is 28.3. The Labute approximate surface area is 224 Å². The van der Waals surface area contributed by atoms with Gasteiger partial charge >= 0.3 is 225 Å². The SMILES string of the molecule is CCCCN(CCCC)P(Br)(N(CC)CC)(N(CCCC)CCCC)N(CCCC)CCCC. The van der Waals surface area contributed by atoms with Crippen molar-refractivity contribution in [2.24, 2.45) is 0 Å². The van der Waals surface area contributed by atoms with Crippen molar-refractivity contribution in [3.05, 3.63) is 0 Å². The van der Waals surface area contributed by atoms with Crippen LogP contribution in [0.15, 0.2) is 0 Å². The maximum atomic E-state index is 4.89. The second kappa shape index (κ2) is 19.8. The maximum absolute atomic E-state index is 4.89. The molecule has 0 aliphatic heterocycles. The molecule has 4 nitrogen and oxygen atoms in total. The van der Waals surface area contributed by atoms with Crippen LogP contribution in [-0.2, 0) is 0 Å². The van der Waals surface area contributed by atoms with Crippen LogP contribution in [0.25, 0.3) is 0 Å². The van der Waals surface area contributed by atoms with E-state index in [0.29, 0.717) is 0 Å². The van der Waals surface area contributed by atoms with Crippen LogP contribution in [0.2, 0.25) is 0 Å². The van der Waals surface area contributed by atoms with Crippen LogP contribution >= 0.6 is 21.4 Å². The quantitative estimate of drug-likeness (QED) is 0.108. The van der Waals surface area contributed by atoms with Crippen molar-refractivity contribution in [1.82, 2.24) is 18.7 Å². The predicted octanol–water partition coefficient (Wildman–Crippen LogP) is 9.56. The molecular weight excluding hydrogens is 503 g/mol. The molecule has 6 heteroatoms. The van der Waals surface area contributed by atoms with E-state index >= 15 is 0 Å². The van der Waals surface area contributed by atoms with Gasteiger partial charge in [-0.3, -0.25) is 0 Å². The van der Waals surface area contributed by atoms with Gasteiger partial charge in [0, 0.05) is 0 Å². The molecule has 0 rings (SSSR count).